The average Bonchev–Trinajstić information content (AvgIpc) is 3.53. The SMILES string of the molecule is COc1ccc(C2(C(=O)c3ccc4c(c3OC)C=CC(C)(C)C4)CC2)cc1OC. The van der Waals surface area contributed by atoms with Crippen molar-refractivity contribution >= 4 is 11.9 Å². The van der Waals surface area contributed by atoms with Crippen molar-refractivity contribution in [3.63, 3.8) is 0 Å². The van der Waals surface area contributed by atoms with Gasteiger partial charge < -0.3 is 14.2 Å². The van der Waals surface area contributed by atoms with Crippen LogP contribution in [0.15, 0.2) is 36.4 Å². The van der Waals surface area contributed by atoms with Crippen molar-refractivity contribution in [2.75, 3.05) is 21.3 Å². The van der Waals surface area contributed by atoms with Crippen molar-refractivity contribution in [3.05, 3.63) is 58.7 Å². The van der Waals surface area contributed by atoms with Crippen molar-refractivity contribution in [1.82, 2.24) is 0 Å². The van der Waals surface area contributed by atoms with Crippen LogP contribution in [0.4, 0.5) is 0 Å². The first kappa shape index (κ1) is 19.6. The number of carbonyl (C=O) groups is 1. The molecule has 0 aliphatic heterocycles. The zero-order valence-corrected chi connectivity index (χ0v) is 17.8. The highest BCUT2D eigenvalue weighted by atomic mass is 16.5. The summed E-state index contributed by atoms with van der Waals surface area (Å²) in [4.78, 5) is 13.7. The summed E-state index contributed by atoms with van der Waals surface area (Å²) in [5.74, 6) is 2.11. The van der Waals surface area contributed by atoms with Gasteiger partial charge in [0.05, 0.1) is 32.3 Å². The molecule has 152 valence electrons. The topological polar surface area (TPSA) is 44.8 Å². The summed E-state index contributed by atoms with van der Waals surface area (Å²) in [5.41, 5.74) is 3.47. The molecule has 0 unspecified atom stereocenters. The van der Waals surface area contributed by atoms with Gasteiger partial charge in [-0.1, -0.05) is 38.1 Å². The van der Waals surface area contributed by atoms with Crippen molar-refractivity contribution in [1.29, 1.82) is 0 Å². The van der Waals surface area contributed by atoms with Crippen LogP contribution >= 0.6 is 0 Å². The van der Waals surface area contributed by atoms with E-state index in [1.807, 2.05) is 24.3 Å². The fourth-order valence-corrected chi connectivity index (χ4v) is 4.40. The third-order valence-corrected chi connectivity index (χ3v) is 6.20. The summed E-state index contributed by atoms with van der Waals surface area (Å²) >= 11 is 0. The molecule has 0 amide bonds. The highest BCUT2D eigenvalue weighted by molar-refractivity contribution is 6.09. The molecular weight excluding hydrogens is 364 g/mol. The van der Waals surface area contributed by atoms with E-state index in [9.17, 15) is 4.79 Å². The molecule has 0 spiro atoms. The molecule has 0 N–H and O–H groups in total. The molecule has 0 radical (unpaired) electrons. The van der Waals surface area contributed by atoms with Crippen LogP contribution in [0.25, 0.3) is 6.08 Å². The summed E-state index contributed by atoms with van der Waals surface area (Å²) in [5, 5.41) is 0. The highest BCUT2D eigenvalue weighted by Gasteiger charge is 2.52. The third kappa shape index (κ3) is 3.21. The smallest absolute Gasteiger partial charge is 0.177 e. The molecule has 4 nitrogen and oxygen atoms in total. The number of hydrogen-bond acceptors (Lipinski definition) is 4. The van der Waals surface area contributed by atoms with Gasteiger partial charge in [-0.05, 0) is 54.0 Å². The number of hydrogen-bond donors (Lipinski definition) is 0. The van der Waals surface area contributed by atoms with Gasteiger partial charge in [0.2, 0.25) is 0 Å². The number of methoxy groups -OCH3 is 3. The van der Waals surface area contributed by atoms with E-state index < -0.39 is 5.41 Å². The zero-order chi connectivity index (χ0) is 20.8. The van der Waals surface area contributed by atoms with E-state index in [0.29, 0.717) is 22.8 Å². The Balaban J connectivity index is 1.76. The van der Waals surface area contributed by atoms with Gasteiger partial charge in [0.15, 0.2) is 17.3 Å². The normalized spacial score (nSPS) is 18.0. The molecule has 1 saturated carbocycles. The van der Waals surface area contributed by atoms with Gasteiger partial charge >= 0.3 is 0 Å². The molecule has 0 bridgehead atoms. The van der Waals surface area contributed by atoms with Crippen LogP contribution < -0.4 is 14.2 Å². The Morgan fingerprint density at radius 2 is 1.66 bits per heavy atom. The Morgan fingerprint density at radius 3 is 2.28 bits per heavy atom. The van der Waals surface area contributed by atoms with Gasteiger partial charge in [-0.15, -0.1) is 0 Å². The van der Waals surface area contributed by atoms with Crippen LogP contribution in [0.2, 0.25) is 0 Å². The van der Waals surface area contributed by atoms with Gasteiger partial charge in [-0.2, -0.15) is 0 Å². The molecule has 1 fully saturated rings. The number of ether oxygens (including phenoxy) is 3. The lowest BCUT2D eigenvalue weighted by molar-refractivity contribution is 0.0943. The summed E-state index contributed by atoms with van der Waals surface area (Å²) < 4.78 is 16.6. The average molecular weight is 392 g/mol. The van der Waals surface area contributed by atoms with E-state index in [1.54, 1.807) is 21.3 Å². The van der Waals surface area contributed by atoms with Gasteiger partial charge in [0, 0.05) is 5.56 Å². The number of ketones is 1. The fourth-order valence-electron chi connectivity index (χ4n) is 4.40. The summed E-state index contributed by atoms with van der Waals surface area (Å²) in [7, 11) is 4.88. The van der Waals surface area contributed by atoms with Crippen LogP contribution in [0, 0.1) is 5.41 Å². The first-order valence-electron chi connectivity index (χ1n) is 10.0. The number of benzene rings is 2. The van der Waals surface area contributed by atoms with Crippen LogP contribution in [0.5, 0.6) is 17.2 Å². The number of Topliss-reactive ketones (excluding diaryl/α,β-unsaturated/α-hetero) is 1. The Labute approximate surface area is 172 Å². The van der Waals surface area contributed by atoms with Crippen LogP contribution in [0.3, 0.4) is 0 Å². The molecule has 0 atom stereocenters. The lowest BCUT2D eigenvalue weighted by Gasteiger charge is -2.28. The van der Waals surface area contributed by atoms with E-state index in [1.165, 1.54) is 5.56 Å². The second-order valence-electron chi connectivity index (χ2n) is 8.70. The predicted molar refractivity (Wildman–Crippen MR) is 114 cm³/mol. The van der Waals surface area contributed by atoms with E-state index in [2.05, 4.69) is 32.1 Å². The van der Waals surface area contributed by atoms with Crippen molar-refractivity contribution < 1.29 is 19.0 Å². The lowest BCUT2D eigenvalue weighted by Crippen LogP contribution is -2.23. The molecule has 0 saturated heterocycles. The highest BCUT2D eigenvalue weighted by Crippen LogP contribution is 2.53. The largest absolute Gasteiger partial charge is 0.495 e. The Bertz CT molecular complexity index is 996. The minimum atomic E-state index is -0.515. The minimum absolute atomic E-state index is 0.112. The Kier molecular flexibility index (Phi) is 4.68. The van der Waals surface area contributed by atoms with Crippen LogP contribution in [0.1, 0.15) is 53.7 Å². The first-order chi connectivity index (χ1) is 13.8. The summed E-state index contributed by atoms with van der Waals surface area (Å²) in [6.45, 7) is 4.43. The molecule has 2 aliphatic rings. The maximum atomic E-state index is 13.7. The molecule has 2 aromatic rings. The zero-order valence-electron chi connectivity index (χ0n) is 17.8. The Hall–Kier alpha value is -2.75. The summed E-state index contributed by atoms with van der Waals surface area (Å²) in [6.07, 6.45) is 6.89. The van der Waals surface area contributed by atoms with Crippen molar-refractivity contribution in [2.45, 2.75) is 38.5 Å². The van der Waals surface area contributed by atoms with Crippen LogP contribution in [-0.2, 0) is 11.8 Å². The second kappa shape index (κ2) is 6.94. The number of fused-ring (bicyclic) bond motifs is 1. The lowest BCUT2D eigenvalue weighted by atomic mass is 9.78. The number of allylic oxidation sites excluding steroid dienone is 1. The molecule has 4 rings (SSSR count). The monoisotopic (exact) mass is 392 g/mol. The van der Waals surface area contributed by atoms with E-state index in [-0.39, 0.29) is 11.2 Å². The first-order valence-corrected chi connectivity index (χ1v) is 10.0. The van der Waals surface area contributed by atoms with Gasteiger partial charge in [-0.3, -0.25) is 4.79 Å². The third-order valence-electron chi connectivity index (χ3n) is 6.20. The fraction of sp³-hybridized carbons (Fsp3) is 0.400. The number of rotatable bonds is 6. The molecule has 2 aromatic carbocycles. The molecule has 0 heterocycles. The van der Waals surface area contributed by atoms with E-state index in [0.717, 1.165) is 30.4 Å². The van der Waals surface area contributed by atoms with E-state index in [4.69, 9.17) is 14.2 Å². The maximum absolute atomic E-state index is 13.7. The maximum Gasteiger partial charge on any atom is 0.177 e. The molecular formula is C25H28O4. The van der Waals surface area contributed by atoms with Gasteiger partial charge in [0.1, 0.15) is 5.75 Å². The van der Waals surface area contributed by atoms with Gasteiger partial charge in [0.25, 0.3) is 0 Å². The molecule has 0 aromatic heterocycles. The second-order valence-corrected chi connectivity index (χ2v) is 8.70. The van der Waals surface area contributed by atoms with Crippen LogP contribution in [-0.4, -0.2) is 27.1 Å². The summed E-state index contributed by atoms with van der Waals surface area (Å²) in [6, 6.07) is 9.80. The van der Waals surface area contributed by atoms with E-state index >= 15 is 0 Å². The quantitative estimate of drug-likeness (QED) is 0.632. The minimum Gasteiger partial charge on any atom is -0.495 e. The molecule has 29 heavy (non-hydrogen) atoms. The molecule has 4 heteroatoms. The van der Waals surface area contributed by atoms with Crippen molar-refractivity contribution in [3.8, 4) is 17.2 Å². The molecule has 2 aliphatic carbocycles. The number of carbonyl (C=O) groups excluding carboxylic acids is 1. The Morgan fingerprint density at radius 1 is 0.931 bits per heavy atom. The van der Waals surface area contributed by atoms with Crippen molar-refractivity contribution in [2.24, 2.45) is 5.41 Å². The standard InChI is InChI=1S/C25H28O4/c1-24(2)11-10-18-16(15-24)6-8-19(22(18)29-5)23(26)25(12-13-25)17-7-9-20(27-3)21(14-17)28-4/h6-11,14H,12-13,15H2,1-5H3. The van der Waals surface area contributed by atoms with Gasteiger partial charge in [-0.25, -0.2) is 0 Å². The predicted octanol–water partition coefficient (Wildman–Crippen LogP) is 5.22.